The molecule has 3 rings (SSSR count). The van der Waals surface area contributed by atoms with E-state index in [4.69, 9.17) is 0 Å². The third-order valence-electron chi connectivity index (χ3n) is 4.28. The molecule has 0 bridgehead atoms. The lowest BCUT2D eigenvalue weighted by molar-refractivity contribution is 0.0663. The number of piperidine rings is 1. The molecular weight excluding hydrogens is 318 g/mol. The Kier molecular flexibility index (Phi) is 5.00. The largest absolute Gasteiger partial charge is 0.337 e. The average Bonchev–Trinajstić information content (AvgIpc) is 3.10. The molecule has 0 aliphatic carbocycles. The van der Waals surface area contributed by atoms with Gasteiger partial charge in [-0.2, -0.15) is 0 Å². The smallest absolute Gasteiger partial charge is 0.273 e. The summed E-state index contributed by atoms with van der Waals surface area (Å²) in [7, 11) is 0. The molecule has 2 heterocycles. The summed E-state index contributed by atoms with van der Waals surface area (Å²) in [5, 5.41) is 1.77. The molecule has 0 unspecified atom stereocenters. The minimum atomic E-state index is -0.813. The van der Waals surface area contributed by atoms with Gasteiger partial charge in [-0.1, -0.05) is 6.07 Å². The monoisotopic (exact) mass is 336 g/mol. The van der Waals surface area contributed by atoms with Crippen molar-refractivity contribution in [3.05, 3.63) is 52.0 Å². The first-order chi connectivity index (χ1) is 11.1. The van der Waals surface area contributed by atoms with Crippen molar-refractivity contribution in [2.75, 3.05) is 13.1 Å². The summed E-state index contributed by atoms with van der Waals surface area (Å²) < 4.78 is 26.2. The Morgan fingerprint density at radius 3 is 2.96 bits per heavy atom. The summed E-state index contributed by atoms with van der Waals surface area (Å²) in [4.78, 5) is 18.3. The predicted octanol–water partition coefficient (Wildman–Crippen LogP) is 3.91. The molecule has 0 radical (unpaired) electrons. The summed E-state index contributed by atoms with van der Waals surface area (Å²) in [6, 6.07) is 4.05. The number of benzene rings is 1. The van der Waals surface area contributed by atoms with Crippen molar-refractivity contribution in [1.82, 2.24) is 9.88 Å². The fourth-order valence-corrected chi connectivity index (χ4v) is 3.56. The van der Waals surface area contributed by atoms with Crippen molar-refractivity contribution in [3.8, 4) is 0 Å². The Morgan fingerprint density at radius 2 is 2.22 bits per heavy atom. The second kappa shape index (κ2) is 7.17. The first kappa shape index (κ1) is 16.1. The molecule has 6 heteroatoms. The van der Waals surface area contributed by atoms with Crippen LogP contribution in [0.3, 0.4) is 0 Å². The lowest BCUT2D eigenvalue weighted by Gasteiger charge is -2.32. The molecule has 23 heavy (non-hydrogen) atoms. The highest BCUT2D eigenvalue weighted by molar-refractivity contribution is 7.07. The molecule has 0 saturated carbocycles. The van der Waals surface area contributed by atoms with Crippen LogP contribution in [0, 0.1) is 17.6 Å². The van der Waals surface area contributed by atoms with Gasteiger partial charge in [0.15, 0.2) is 11.6 Å². The zero-order valence-electron chi connectivity index (χ0n) is 12.7. The van der Waals surface area contributed by atoms with Gasteiger partial charge in [-0.15, -0.1) is 11.3 Å². The molecule has 1 aromatic carbocycles. The van der Waals surface area contributed by atoms with E-state index in [1.165, 1.54) is 23.5 Å². The Morgan fingerprint density at radius 1 is 1.35 bits per heavy atom. The van der Waals surface area contributed by atoms with Crippen LogP contribution in [0.4, 0.5) is 8.78 Å². The van der Waals surface area contributed by atoms with Gasteiger partial charge in [0, 0.05) is 18.5 Å². The van der Waals surface area contributed by atoms with Crippen molar-refractivity contribution < 1.29 is 13.6 Å². The summed E-state index contributed by atoms with van der Waals surface area (Å²) >= 11 is 1.42. The predicted molar refractivity (Wildman–Crippen MR) is 85.4 cm³/mol. The maximum atomic E-state index is 13.2. The fourth-order valence-electron chi connectivity index (χ4n) is 3.03. The van der Waals surface area contributed by atoms with Crippen LogP contribution in [0.5, 0.6) is 0 Å². The number of thiazole rings is 1. The molecule has 1 fully saturated rings. The van der Waals surface area contributed by atoms with E-state index in [9.17, 15) is 13.6 Å². The number of aryl methyl sites for hydroxylation is 1. The van der Waals surface area contributed by atoms with Crippen molar-refractivity contribution in [1.29, 1.82) is 0 Å². The third kappa shape index (κ3) is 3.93. The van der Waals surface area contributed by atoms with Gasteiger partial charge in [-0.05, 0) is 49.3 Å². The maximum absolute atomic E-state index is 13.2. The van der Waals surface area contributed by atoms with Gasteiger partial charge in [-0.3, -0.25) is 4.79 Å². The van der Waals surface area contributed by atoms with Crippen LogP contribution in [0.1, 0.15) is 35.3 Å². The SMILES string of the molecule is O=C(c1cscn1)N1CCC[C@@H](CCc2ccc(F)c(F)c2)C1. The van der Waals surface area contributed by atoms with E-state index < -0.39 is 11.6 Å². The molecule has 1 aliphatic heterocycles. The molecule has 0 N–H and O–H groups in total. The molecule has 2 aromatic rings. The van der Waals surface area contributed by atoms with Crippen LogP contribution >= 0.6 is 11.3 Å². The molecule has 122 valence electrons. The number of hydrogen-bond acceptors (Lipinski definition) is 3. The van der Waals surface area contributed by atoms with Crippen LogP contribution in [0.15, 0.2) is 29.1 Å². The zero-order valence-corrected chi connectivity index (χ0v) is 13.5. The number of nitrogens with zero attached hydrogens (tertiary/aromatic N) is 2. The molecule has 1 amide bonds. The Balaban J connectivity index is 1.56. The van der Waals surface area contributed by atoms with Gasteiger partial charge >= 0.3 is 0 Å². The third-order valence-corrected chi connectivity index (χ3v) is 4.87. The quantitative estimate of drug-likeness (QED) is 0.848. The number of carbonyl (C=O) groups excluding carboxylic acids is 1. The van der Waals surface area contributed by atoms with E-state index in [-0.39, 0.29) is 5.91 Å². The van der Waals surface area contributed by atoms with Gasteiger partial charge in [0.25, 0.3) is 5.91 Å². The first-order valence-electron chi connectivity index (χ1n) is 7.75. The average molecular weight is 336 g/mol. The zero-order chi connectivity index (χ0) is 16.2. The first-order valence-corrected chi connectivity index (χ1v) is 8.69. The minimum absolute atomic E-state index is 0.0104. The number of hydrogen-bond donors (Lipinski definition) is 0. The summed E-state index contributed by atoms with van der Waals surface area (Å²) in [5.74, 6) is -1.24. The highest BCUT2D eigenvalue weighted by Crippen LogP contribution is 2.23. The Bertz CT molecular complexity index is 675. The van der Waals surface area contributed by atoms with E-state index in [1.54, 1.807) is 17.0 Å². The van der Waals surface area contributed by atoms with Gasteiger partial charge in [-0.25, -0.2) is 13.8 Å². The van der Waals surface area contributed by atoms with Crippen LogP contribution in [-0.2, 0) is 6.42 Å². The molecule has 1 aliphatic rings. The lowest BCUT2D eigenvalue weighted by Crippen LogP contribution is -2.40. The van der Waals surface area contributed by atoms with Crippen LogP contribution in [0.2, 0.25) is 0 Å². The topological polar surface area (TPSA) is 33.2 Å². The molecule has 0 spiro atoms. The summed E-state index contributed by atoms with van der Waals surface area (Å²) in [5.41, 5.74) is 2.97. The second-order valence-corrected chi connectivity index (χ2v) is 6.64. The molecule has 1 aromatic heterocycles. The standard InChI is InChI=1S/C17H18F2N2OS/c18-14-6-5-12(8-15(14)19)3-4-13-2-1-7-21(9-13)17(22)16-10-23-11-20-16/h5-6,8,10-11,13H,1-4,7,9H2/t13-/m0/s1. The highest BCUT2D eigenvalue weighted by atomic mass is 32.1. The highest BCUT2D eigenvalue weighted by Gasteiger charge is 2.25. The molecule has 1 atom stereocenters. The maximum Gasteiger partial charge on any atom is 0.273 e. The summed E-state index contributed by atoms with van der Waals surface area (Å²) in [6.45, 7) is 1.47. The Hall–Kier alpha value is -1.82. The van der Waals surface area contributed by atoms with Crippen molar-refractivity contribution in [2.24, 2.45) is 5.92 Å². The van der Waals surface area contributed by atoms with Crippen molar-refractivity contribution in [3.63, 3.8) is 0 Å². The number of amides is 1. The molecule has 3 nitrogen and oxygen atoms in total. The number of halogens is 2. The number of likely N-dealkylation sites (tertiary alicyclic amines) is 1. The van der Waals surface area contributed by atoms with Gasteiger partial charge in [0.1, 0.15) is 5.69 Å². The molecule has 1 saturated heterocycles. The van der Waals surface area contributed by atoms with E-state index in [0.29, 0.717) is 24.6 Å². The van der Waals surface area contributed by atoms with Gasteiger partial charge in [0.05, 0.1) is 5.51 Å². The fraction of sp³-hybridized carbons (Fsp3) is 0.412. The molecular formula is C17H18F2N2OS. The second-order valence-electron chi connectivity index (χ2n) is 5.92. The summed E-state index contributed by atoms with van der Waals surface area (Å²) in [6.07, 6.45) is 3.59. The minimum Gasteiger partial charge on any atom is -0.337 e. The number of carbonyl (C=O) groups is 1. The van der Waals surface area contributed by atoms with E-state index in [2.05, 4.69) is 4.98 Å². The van der Waals surface area contributed by atoms with Crippen molar-refractivity contribution >= 4 is 17.2 Å². The Labute approximate surface area is 138 Å². The van der Waals surface area contributed by atoms with Crippen LogP contribution < -0.4 is 0 Å². The van der Waals surface area contributed by atoms with E-state index in [0.717, 1.165) is 31.4 Å². The van der Waals surface area contributed by atoms with E-state index in [1.807, 2.05) is 4.90 Å². The number of rotatable bonds is 4. The van der Waals surface area contributed by atoms with Crippen molar-refractivity contribution in [2.45, 2.75) is 25.7 Å². The van der Waals surface area contributed by atoms with E-state index >= 15 is 0 Å². The number of aromatic nitrogens is 1. The normalized spacial score (nSPS) is 18.2. The lowest BCUT2D eigenvalue weighted by atomic mass is 9.91. The van der Waals surface area contributed by atoms with Gasteiger partial charge in [0.2, 0.25) is 0 Å². The van der Waals surface area contributed by atoms with Crippen LogP contribution in [0.25, 0.3) is 0 Å². The van der Waals surface area contributed by atoms with Gasteiger partial charge < -0.3 is 4.90 Å². The van der Waals surface area contributed by atoms with Crippen LogP contribution in [-0.4, -0.2) is 28.9 Å².